The lowest BCUT2D eigenvalue weighted by Crippen LogP contribution is -2.27. The monoisotopic (exact) mass is 226 g/mol. The molecule has 2 unspecified atom stereocenters. The third-order valence-corrected chi connectivity index (χ3v) is 3.11. The molecule has 0 heterocycles. The van der Waals surface area contributed by atoms with Crippen LogP contribution >= 0.6 is 0 Å². The molecule has 0 aliphatic heterocycles. The average Bonchev–Trinajstić information content (AvgIpc) is 2.02. The lowest BCUT2D eigenvalue weighted by atomic mass is 9.96. The fraction of sp³-hybridized carbons (Fsp3) is 1.00. The first-order valence-corrected chi connectivity index (χ1v) is 6.08. The Labute approximate surface area is 83.7 Å². The Hall–Kier alpha value is -0.200. The SMILES string of the molecule is CCOS(=O)(=O)OC1CCCC(F)C1. The van der Waals surface area contributed by atoms with E-state index >= 15 is 0 Å². The highest BCUT2D eigenvalue weighted by Crippen LogP contribution is 2.24. The van der Waals surface area contributed by atoms with Crippen LogP contribution in [-0.2, 0) is 18.8 Å². The van der Waals surface area contributed by atoms with Crippen molar-refractivity contribution < 1.29 is 21.2 Å². The van der Waals surface area contributed by atoms with Gasteiger partial charge in [-0.3, -0.25) is 0 Å². The van der Waals surface area contributed by atoms with Gasteiger partial charge < -0.3 is 0 Å². The largest absolute Gasteiger partial charge is 0.400 e. The van der Waals surface area contributed by atoms with Crippen molar-refractivity contribution in [3.05, 3.63) is 0 Å². The van der Waals surface area contributed by atoms with Crippen molar-refractivity contribution in [3.8, 4) is 0 Å². The Morgan fingerprint density at radius 2 is 2.14 bits per heavy atom. The Morgan fingerprint density at radius 3 is 2.71 bits per heavy atom. The number of hydrogen-bond acceptors (Lipinski definition) is 4. The van der Waals surface area contributed by atoms with Gasteiger partial charge in [0.05, 0.1) is 12.7 Å². The summed E-state index contributed by atoms with van der Waals surface area (Å²) in [7, 11) is -3.92. The summed E-state index contributed by atoms with van der Waals surface area (Å²) in [6, 6.07) is 0. The highest BCUT2D eigenvalue weighted by atomic mass is 32.3. The summed E-state index contributed by atoms with van der Waals surface area (Å²) in [4.78, 5) is 0. The normalized spacial score (nSPS) is 29.0. The molecule has 0 aromatic heterocycles. The van der Waals surface area contributed by atoms with E-state index in [-0.39, 0.29) is 13.0 Å². The van der Waals surface area contributed by atoms with Gasteiger partial charge in [-0.05, 0) is 26.2 Å². The van der Waals surface area contributed by atoms with E-state index in [1.165, 1.54) is 0 Å². The molecule has 0 amide bonds. The van der Waals surface area contributed by atoms with Crippen LogP contribution in [0.1, 0.15) is 32.6 Å². The summed E-state index contributed by atoms with van der Waals surface area (Å²) in [5.41, 5.74) is 0. The molecule has 0 radical (unpaired) electrons. The van der Waals surface area contributed by atoms with Crippen LogP contribution in [0.25, 0.3) is 0 Å². The highest BCUT2D eigenvalue weighted by Gasteiger charge is 2.26. The summed E-state index contributed by atoms with van der Waals surface area (Å²) in [6.07, 6.45) is 0.363. The smallest absolute Gasteiger partial charge is 0.248 e. The lowest BCUT2D eigenvalue weighted by Gasteiger charge is -2.23. The van der Waals surface area contributed by atoms with E-state index in [0.29, 0.717) is 19.3 Å². The topological polar surface area (TPSA) is 52.6 Å². The Bertz CT molecular complexity index is 265. The van der Waals surface area contributed by atoms with Gasteiger partial charge in [0.25, 0.3) is 0 Å². The van der Waals surface area contributed by atoms with Gasteiger partial charge in [-0.2, -0.15) is 8.42 Å². The quantitative estimate of drug-likeness (QED) is 0.730. The third-order valence-electron chi connectivity index (χ3n) is 2.08. The van der Waals surface area contributed by atoms with Gasteiger partial charge in [-0.1, -0.05) is 0 Å². The van der Waals surface area contributed by atoms with E-state index in [9.17, 15) is 12.8 Å². The van der Waals surface area contributed by atoms with Gasteiger partial charge in [0.1, 0.15) is 6.17 Å². The first-order valence-electron chi connectivity index (χ1n) is 4.75. The van der Waals surface area contributed by atoms with E-state index in [2.05, 4.69) is 4.18 Å². The molecule has 0 aromatic rings. The van der Waals surface area contributed by atoms with Gasteiger partial charge in [0.2, 0.25) is 0 Å². The van der Waals surface area contributed by atoms with Crippen molar-refractivity contribution in [2.24, 2.45) is 0 Å². The molecule has 0 saturated heterocycles. The lowest BCUT2D eigenvalue weighted by molar-refractivity contribution is 0.0890. The third kappa shape index (κ3) is 3.89. The van der Waals surface area contributed by atoms with Crippen molar-refractivity contribution >= 4 is 10.4 Å². The molecule has 2 atom stereocenters. The number of hydrogen-bond donors (Lipinski definition) is 0. The van der Waals surface area contributed by atoms with Gasteiger partial charge >= 0.3 is 10.4 Å². The molecule has 1 fully saturated rings. The van der Waals surface area contributed by atoms with Crippen LogP contribution in [-0.4, -0.2) is 27.3 Å². The van der Waals surface area contributed by atoms with Crippen LogP contribution in [0.3, 0.4) is 0 Å². The van der Waals surface area contributed by atoms with Crippen LogP contribution in [0.15, 0.2) is 0 Å². The van der Waals surface area contributed by atoms with Crippen molar-refractivity contribution in [1.29, 1.82) is 0 Å². The molecular formula is C8H15FO4S. The Kier molecular flexibility index (Phi) is 4.28. The van der Waals surface area contributed by atoms with Crippen molar-refractivity contribution in [2.45, 2.75) is 44.9 Å². The van der Waals surface area contributed by atoms with E-state index in [1.54, 1.807) is 6.92 Å². The van der Waals surface area contributed by atoms with Crippen LogP contribution in [0.4, 0.5) is 4.39 Å². The maximum Gasteiger partial charge on any atom is 0.400 e. The average molecular weight is 226 g/mol. The molecule has 6 heteroatoms. The molecule has 0 bridgehead atoms. The second-order valence-electron chi connectivity index (χ2n) is 3.30. The zero-order chi connectivity index (χ0) is 10.6. The number of halogens is 1. The molecule has 1 aliphatic carbocycles. The van der Waals surface area contributed by atoms with E-state index < -0.39 is 22.7 Å². The van der Waals surface area contributed by atoms with Crippen molar-refractivity contribution in [3.63, 3.8) is 0 Å². The van der Waals surface area contributed by atoms with Crippen LogP contribution in [0, 0.1) is 0 Å². The van der Waals surface area contributed by atoms with Gasteiger partial charge in [0.15, 0.2) is 0 Å². The Balaban J connectivity index is 2.43. The minimum absolute atomic E-state index is 0.0358. The van der Waals surface area contributed by atoms with Crippen molar-refractivity contribution in [2.75, 3.05) is 6.61 Å². The van der Waals surface area contributed by atoms with Gasteiger partial charge in [-0.25, -0.2) is 12.8 Å². The second kappa shape index (κ2) is 5.04. The van der Waals surface area contributed by atoms with Crippen LogP contribution in [0.2, 0.25) is 0 Å². The van der Waals surface area contributed by atoms with Crippen LogP contribution in [0.5, 0.6) is 0 Å². The highest BCUT2D eigenvalue weighted by molar-refractivity contribution is 7.81. The number of alkyl halides is 1. The van der Waals surface area contributed by atoms with Crippen LogP contribution < -0.4 is 0 Å². The standard InChI is InChI=1S/C8H15FO4S/c1-2-12-14(10,11)13-8-5-3-4-7(9)6-8/h7-8H,2-6H2,1H3. The molecule has 0 aromatic carbocycles. The Morgan fingerprint density at radius 1 is 1.43 bits per heavy atom. The maximum atomic E-state index is 12.9. The molecule has 0 spiro atoms. The molecule has 14 heavy (non-hydrogen) atoms. The zero-order valence-electron chi connectivity index (χ0n) is 8.11. The maximum absolute atomic E-state index is 12.9. The predicted molar refractivity (Wildman–Crippen MR) is 48.8 cm³/mol. The minimum Gasteiger partial charge on any atom is -0.248 e. The summed E-state index contributed by atoms with van der Waals surface area (Å²) < 4.78 is 44.1. The van der Waals surface area contributed by atoms with Gasteiger partial charge in [-0.15, -0.1) is 0 Å². The molecule has 4 nitrogen and oxygen atoms in total. The minimum atomic E-state index is -3.92. The zero-order valence-corrected chi connectivity index (χ0v) is 8.93. The summed E-state index contributed by atoms with van der Waals surface area (Å²) >= 11 is 0. The molecule has 1 saturated carbocycles. The summed E-state index contributed by atoms with van der Waals surface area (Å²) in [5, 5.41) is 0. The van der Waals surface area contributed by atoms with E-state index in [1.807, 2.05) is 0 Å². The summed E-state index contributed by atoms with van der Waals surface area (Å²) in [6.45, 7) is 1.59. The van der Waals surface area contributed by atoms with E-state index in [4.69, 9.17) is 4.18 Å². The summed E-state index contributed by atoms with van der Waals surface area (Å²) in [5.74, 6) is 0. The van der Waals surface area contributed by atoms with Crippen molar-refractivity contribution in [1.82, 2.24) is 0 Å². The number of rotatable bonds is 4. The second-order valence-corrected chi connectivity index (χ2v) is 4.54. The fourth-order valence-electron chi connectivity index (χ4n) is 1.51. The molecule has 0 N–H and O–H groups in total. The first-order chi connectivity index (χ1) is 6.53. The molecule has 84 valence electrons. The van der Waals surface area contributed by atoms with E-state index in [0.717, 1.165) is 0 Å². The molecular weight excluding hydrogens is 211 g/mol. The molecule has 1 rings (SSSR count). The molecule has 1 aliphatic rings. The van der Waals surface area contributed by atoms with Gasteiger partial charge in [0, 0.05) is 6.42 Å². The fourth-order valence-corrected chi connectivity index (χ4v) is 2.37. The predicted octanol–water partition coefficient (Wildman–Crippen LogP) is 1.57. The first kappa shape index (κ1) is 11.9.